The summed E-state index contributed by atoms with van der Waals surface area (Å²) in [6.07, 6.45) is 2.36. The maximum atomic E-state index is 11.5. The zero-order valence-electron chi connectivity index (χ0n) is 14.3. The molecule has 1 aromatic carbocycles. The molecule has 1 unspecified atom stereocenters. The zero-order valence-corrected chi connectivity index (χ0v) is 14.3. The van der Waals surface area contributed by atoms with Gasteiger partial charge in [-0.3, -0.25) is 9.79 Å². The van der Waals surface area contributed by atoms with E-state index < -0.39 is 0 Å². The second kappa shape index (κ2) is 7.99. The molecule has 0 spiro atoms. The molecule has 0 saturated heterocycles. The van der Waals surface area contributed by atoms with Gasteiger partial charge in [0.25, 0.3) is 0 Å². The summed E-state index contributed by atoms with van der Waals surface area (Å²) >= 11 is 0. The van der Waals surface area contributed by atoms with Crippen LogP contribution in [0.5, 0.6) is 0 Å². The summed E-state index contributed by atoms with van der Waals surface area (Å²) in [7, 11) is 1.41. The Morgan fingerprint density at radius 1 is 1.30 bits per heavy atom. The van der Waals surface area contributed by atoms with Crippen LogP contribution in [0.4, 0.5) is 0 Å². The van der Waals surface area contributed by atoms with Gasteiger partial charge in [-0.05, 0) is 25.3 Å². The molecule has 1 fully saturated rings. The van der Waals surface area contributed by atoms with Crippen molar-refractivity contribution in [2.24, 2.45) is 10.9 Å². The predicted octanol–water partition coefficient (Wildman–Crippen LogP) is 2.08. The van der Waals surface area contributed by atoms with E-state index in [2.05, 4.69) is 34.9 Å². The van der Waals surface area contributed by atoms with E-state index in [4.69, 9.17) is 9.73 Å². The third kappa shape index (κ3) is 4.71. The van der Waals surface area contributed by atoms with E-state index in [1.165, 1.54) is 25.5 Å². The van der Waals surface area contributed by atoms with E-state index in [1.54, 1.807) is 0 Å². The Morgan fingerprint density at radius 2 is 2.00 bits per heavy atom. The maximum Gasteiger partial charge on any atom is 0.310 e. The van der Waals surface area contributed by atoms with Crippen LogP contribution in [0.3, 0.4) is 0 Å². The van der Waals surface area contributed by atoms with Gasteiger partial charge in [0.2, 0.25) is 0 Å². The normalized spacial score (nSPS) is 17.3. The number of carbonyl (C=O) groups is 1. The molecule has 0 bridgehead atoms. The van der Waals surface area contributed by atoms with Gasteiger partial charge in [0.15, 0.2) is 5.96 Å². The molecule has 1 aromatic rings. The Hall–Kier alpha value is -2.04. The number of hydrogen-bond acceptors (Lipinski definition) is 3. The molecule has 0 aromatic heterocycles. The molecule has 2 N–H and O–H groups in total. The monoisotopic (exact) mass is 317 g/mol. The second-order valence-corrected chi connectivity index (χ2v) is 6.15. The van der Waals surface area contributed by atoms with Crippen molar-refractivity contribution in [3.63, 3.8) is 0 Å². The largest absolute Gasteiger partial charge is 0.469 e. The molecule has 1 saturated carbocycles. The zero-order chi connectivity index (χ0) is 16.7. The van der Waals surface area contributed by atoms with Crippen LogP contribution in [0.25, 0.3) is 0 Å². The number of hydrogen-bond donors (Lipinski definition) is 2. The number of rotatable bonds is 7. The fraction of sp³-hybridized carbons (Fsp3) is 0.556. The summed E-state index contributed by atoms with van der Waals surface area (Å²) in [4.78, 5) is 16.2. The van der Waals surface area contributed by atoms with Gasteiger partial charge in [0, 0.05) is 18.5 Å². The third-order valence-electron chi connectivity index (χ3n) is 4.30. The van der Waals surface area contributed by atoms with Gasteiger partial charge >= 0.3 is 5.97 Å². The van der Waals surface area contributed by atoms with Gasteiger partial charge < -0.3 is 15.4 Å². The first-order chi connectivity index (χ1) is 11.1. The molecule has 1 aliphatic carbocycles. The summed E-state index contributed by atoms with van der Waals surface area (Å²) in [5.74, 6) is 0.342. The van der Waals surface area contributed by atoms with Crippen LogP contribution in [0, 0.1) is 5.92 Å². The van der Waals surface area contributed by atoms with E-state index in [1.807, 2.05) is 19.9 Å². The lowest BCUT2D eigenvalue weighted by Crippen LogP contribution is -2.41. The van der Waals surface area contributed by atoms with Crippen LogP contribution in [-0.4, -0.2) is 38.7 Å². The lowest BCUT2D eigenvalue weighted by Gasteiger charge is -2.17. The van der Waals surface area contributed by atoms with Crippen LogP contribution in [0.1, 0.15) is 32.3 Å². The van der Waals surface area contributed by atoms with Gasteiger partial charge in [0.1, 0.15) is 0 Å². The minimum Gasteiger partial charge on any atom is -0.469 e. The molecule has 5 nitrogen and oxygen atoms in total. The Morgan fingerprint density at radius 3 is 2.57 bits per heavy atom. The summed E-state index contributed by atoms with van der Waals surface area (Å²) in [5, 5.41) is 6.46. The van der Waals surface area contributed by atoms with Gasteiger partial charge in [0.05, 0.1) is 19.6 Å². The van der Waals surface area contributed by atoms with Crippen LogP contribution in [-0.2, 0) is 14.9 Å². The molecule has 0 amide bonds. The predicted molar refractivity (Wildman–Crippen MR) is 92.5 cm³/mol. The Bertz CT molecular complexity index is 538. The van der Waals surface area contributed by atoms with E-state index in [-0.39, 0.29) is 17.3 Å². The molecular formula is C18H27N3O2. The highest BCUT2D eigenvalue weighted by molar-refractivity contribution is 5.81. The van der Waals surface area contributed by atoms with Crippen molar-refractivity contribution in [3.05, 3.63) is 35.9 Å². The SMILES string of the molecule is CCNC(=NCC1(c2ccccc2)CC1)NCC(C)C(=O)OC. The minimum absolute atomic E-state index is 0.192. The first-order valence-electron chi connectivity index (χ1n) is 8.27. The molecule has 0 aliphatic heterocycles. The van der Waals surface area contributed by atoms with Crippen molar-refractivity contribution in [2.45, 2.75) is 32.1 Å². The van der Waals surface area contributed by atoms with Crippen molar-refractivity contribution in [1.82, 2.24) is 10.6 Å². The number of benzene rings is 1. The lowest BCUT2D eigenvalue weighted by molar-refractivity contribution is -0.144. The summed E-state index contributed by atoms with van der Waals surface area (Å²) < 4.78 is 4.75. The van der Waals surface area contributed by atoms with Gasteiger partial charge in [-0.25, -0.2) is 0 Å². The third-order valence-corrected chi connectivity index (χ3v) is 4.30. The molecule has 126 valence electrons. The highest BCUT2D eigenvalue weighted by Crippen LogP contribution is 2.48. The van der Waals surface area contributed by atoms with Crippen molar-refractivity contribution < 1.29 is 9.53 Å². The van der Waals surface area contributed by atoms with Gasteiger partial charge in [-0.1, -0.05) is 37.3 Å². The van der Waals surface area contributed by atoms with E-state index >= 15 is 0 Å². The molecule has 1 atom stereocenters. The molecule has 0 heterocycles. The average molecular weight is 317 g/mol. The first kappa shape index (κ1) is 17.3. The highest BCUT2D eigenvalue weighted by atomic mass is 16.5. The standard InChI is InChI=1S/C18H27N3O2/c1-4-19-17(20-12-14(2)16(22)23-3)21-13-18(10-11-18)15-8-6-5-7-9-15/h5-9,14H,4,10-13H2,1-3H3,(H2,19,20,21). The number of nitrogens with zero attached hydrogens (tertiary/aromatic N) is 1. The topological polar surface area (TPSA) is 62.7 Å². The van der Waals surface area contributed by atoms with Crippen molar-refractivity contribution >= 4 is 11.9 Å². The van der Waals surface area contributed by atoms with E-state index in [0.717, 1.165) is 19.0 Å². The highest BCUT2D eigenvalue weighted by Gasteiger charge is 2.43. The van der Waals surface area contributed by atoms with Gasteiger partial charge in [-0.15, -0.1) is 0 Å². The van der Waals surface area contributed by atoms with Crippen molar-refractivity contribution in [3.8, 4) is 0 Å². The molecule has 0 radical (unpaired) electrons. The molecule has 2 rings (SSSR count). The summed E-state index contributed by atoms with van der Waals surface area (Å²) in [6, 6.07) is 10.6. The Labute approximate surface area is 138 Å². The number of nitrogens with one attached hydrogen (secondary N) is 2. The van der Waals surface area contributed by atoms with Gasteiger partial charge in [-0.2, -0.15) is 0 Å². The quantitative estimate of drug-likeness (QED) is 0.459. The number of aliphatic imine (C=N–C) groups is 1. The number of ether oxygens (including phenoxy) is 1. The summed E-state index contributed by atoms with van der Waals surface area (Å²) in [5.41, 5.74) is 1.56. The van der Waals surface area contributed by atoms with Crippen LogP contribution >= 0.6 is 0 Å². The molecular weight excluding hydrogens is 290 g/mol. The number of guanidine groups is 1. The first-order valence-corrected chi connectivity index (χ1v) is 8.27. The fourth-order valence-electron chi connectivity index (χ4n) is 2.59. The van der Waals surface area contributed by atoms with E-state index in [0.29, 0.717) is 6.54 Å². The molecule has 1 aliphatic rings. The Kier molecular flexibility index (Phi) is 6.02. The maximum absolute atomic E-state index is 11.5. The van der Waals surface area contributed by atoms with Crippen LogP contribution in [0.15, 0.2) is 35.3 Å². The van der Waals surface area contributed by atoms with Crippen LogP contribution < -0.4 is 10.6 Å². The number of esters is 1. The summed E-state index contributed by atoms with van der Waals surface area (Å²) in [6.45, 7) is 5.94. The number of methoxy groups -OCH3 is 1. The smallest absolute Gasteiger partial charge is 0.310 e. The number of carbonyl (C=O) groups excluding carboxylic acids is 1. The molecule has 23 heavy (non-hydrogen) atoms. The lowest BCUT2D eigenvalue weighted by atomic mass is 9.96. The fourth-order valence-corrected chi connectivity index (χ4v) is 2.59. The van der Waals surface area contributed by atoms with Crippen molar-refractivity contribution in [1.29, 1.82) is 0 Å². The average Bonchev–Trinajstić information content (AvgIpc) is 3.38. The van der Waals surface area contributed by atoms with Crippen LogP contribution in [0.2, 0.25) is 0 Å². The van der Waals surface area contributed by atoms with Crippen molar-refractivity contribution in [2.75, 3.05) is 26.7 Å². The second-order valence-electron chi connectivity index (χ2n) is 6.15. The molecule has 5 heteroatoms. The Balaban J connectivity index is 1.95. The van der Waals surface area contributed by atoms with E-state index in [9.17, 15) is 4.79 Å². The minimum atomic E-state index is -0.212.